The maximum absolute atomic E-state index is 5.73. The van der Waals surface area contributed by atoms with Crippen LogP contribution in [0.2, 0.25) is 0 Å². The number of hydrogen-bond donors (Lipinski definition) is 2. The van der Waals surface area contributed by atoms with E-state index in [2.05, 4.69) is 46.8 Å². The number of hydrogen-bond acceptors (Lipinski definition) is 5. The molecule has 6 nitrogen and oxygen atoms in total. The maximum atomic E-state index is 5.73. The van der Waals surface area contributed by atoms with E-state index in [1.807, 2.05) is 0 Å². The Kier molecular flexibility index (Phi) is 12.4. The normalized spacial score (nSPS) is 17.4. The second-order valence-electron chi connectivity index (χ2n) is 6.60. The van der Waals surface area contributed by atoms with Crippen LogP contribution >= 0.6 is 35.3 Å². The first-order chi connectivity index (χ1) is 12.2. The molecule has 2 N–H and O–H groups in total. The Labute approximate surface area is 178 Å². The summed E-state index contributed by atoms with van der Waals surface area (Å²) in [5.74, 6) is 1.89. The van der Waals surface area contributed by atoms with Crippen LogP contribution in [0.3, 0.4) is 0 Å². The summed E-state index contributed by atoms with van der Waals surface area (Å²) in [6, 6.07) is 0. The van der Waals surface area contributed by atoms with Gasteiger partial charge in [-0.25, -0.2) is 9.98 Å². The predicted molar refractivity (Wildman–Crippen MR) is 119 cm³/mol. The highest BCUT2D eigenvalue weighted by Gasteiger charge is 2.15. The van der Waals surface area contributed by atoms with Crippen molar-refractivity contribution in [2.75, 3.05) is 39.5 Å². The molecule has 8 heteroatoms. The summed E-state index contributed by atoms with van der Waals surface area (Å²) in [7, 11) is 0. The fourth-order valence-corrected chi connectivity index (χ4v) is 3.38. The van der Waals surface area contributed by atoms with E-state index in [0.717, 1.165) is 69.0 Å². The molecule has 2 rings (SSSR count). The van der Waals surface area contributed by atoms with Crippen LogP contribution in [0.25, 0.3) is 0 Å². The molecule has 2 heterocycles. The summed E-state index contributed by atoms with van der Waals surface area (Å²) in [4.78, 5) is 9.25. The summed E-state index contributed by atoms with van der Waals surface area (Å²) >= 11 is 1.68. The Hall–Kier alpha value is -0.450. The zero-order chi connectivity index (χ0) is 17.9. The Morgan fingerprint density at radius 3 is 2.96 bits per heavy atom. The van der Waals surface area contributed by atoms with E-state index >= 15 is 0 Å². The number of halogens is 1. The topological polar surface area (TPSA) is 67.8 Å². The molecule has 1 atom stereocenters. The number of rotatable bonds is 10. The number of guanidine groups is 1. The average Bonchev–Trinajstić information content (AvgIpc) is 3.27. The third-order valence-electron chi connectivity index (χ3n) is 4.01. The molecule has 0 amide bonds. The quantitative estimate of drug-likeness (QED) is 0.225. The minimum atomic E-state index is 0. The number of nitrogens with one attached hydrogen (secondary N) is 2. The summed E-state index contributed by atoms with van der Waals surface area (Å²) < 4.78 is 11.1. The van der Waals surface area contributed by atoms with E-state index < -0.39 is 0 Å². The number of ether oxygens (including phenoxy) is 2. The standard InChI is InChI=1S/C18H32N4O2S.HI/c1-4-19-18(21-10-17-22-16(13-25-17)14(2)3)20-7-5-8-23-11-15-6-9-24-12-15;/h13-15H,4-12H2,1-3H3,(H2,19,20,21);1H. The molecule has 150 valence electrons. The van der Waals surface area contributed by atoms with Gasteiger partial charge in [0.05, 0.1) is 25.5 Å². The SMILES string of the molecule is CCNC(=NCc1nc(C(C)C)cs1)NCCCOCC1CCOC1.I. The highest BCUT2D eigenvalue weighted by molar-refractivity contribution is 14.0. The van der Waals surface area contributed by atoms with E-state index in [9.17, 15) is 0 Å². The molecule has 1 aliphatic rings. The summed E-state index contributed by atoms with van der Waals surface area (Å²) in [6.07, 6.45) is 2.09. The third kappa shape index (κ3) is 8.96. The fourth-order valence-electron chi connectivity index (χ4n) is 2.50. The Bertz CT molecular complexity index is 519. The van der Waals surface area contributed by atoms with Crippen molar-refractivity contribution in [2.24, 2.45) is 10.9 Å². The molecular weight excluding hydrogens is 463 g/mol. The molecule has 0 radical (unpaired) electrons. The zero-order valence-electron chi connectivity index (χ0n) is 16.1. The average molecular weight is 496 g/mol. The number of nitrogens with zero attached hydrogens (tertiary/aromatic N) is 2. The monoisotopic (exact) mass is 496 g/mol. The lowest BCUT2D eigenvalue weighted by atomic mass is 10.1. The van der Waals surface area contributed by atoms with E-state index in [-0.39, 0.29) is 24.0 Å². The lowest BCUT2D eigenvalue weighted by molar-refractivity contribution is 0.0888. The van der Waals surface area contributed by atoms with Crippen molar-refractivity contribution >= 4 is 41.3 Å². The lowest BCUT2D eigenvalue weighted by Crippen LogP contribution is -2.38. The van der Waals surface area contributed by atoms with Crippen molar-refractivity contribution in [2.45, 2.75) is 46.1 Å². The lowest BCUT2D eigenvalue weighted by Gasteiger charge is -2.12. The van der Waals surface area contributed by atoms with Crippen LogP contribution in [-0.4, -0.2) is 50.5 Å². The van der Waals surface area contributed by atoms with Gasteiger partial charge in [-0.1, -0.05) is 13.8 Å². The van der Waals surface area contributed by atoms with Gasteiger partial charge in [-0.2, -0.15) is 0 Å². The van der Waals surface area contributed by atoms with Crippen LogP contribution in [0.15, 0.2) is 10.4 Å². The minimum absolute atomic E-state index is 0. The van der Waals surface area contributed by atoms with Gasteiger partial charge >= 0.3 is 0 Å². The summed E-state index contributed by atoms with van der Waals surface area (Å²) in [5.41, 5.74) is 1.15. The number of aliphatic imine (C=N–C) groups is 1. The van der Waals surface area contributed by atoms with E-state index in [0.29, 0.717) is 18.4 Å². The molecule has 0 aliphatic carbocycles. The van der Waals surface area contributed by atoms with Crippen molar-refractivity contribution in [1.82, 2.24) is 15.6 Å². The van der Waals surface area contributed by atoms with Crippen LogP contribution in [0.4, 0.5) is 0 Å². The molecule has 0 spiro atoms. The molecule has 0 bridgehead atoms. The van der Waals surface area contributed by atoms with Gasteiger partial charge in [0.25, 0.3) is 0 Å². The first-order valence-electron chi connectivity index (χ1n) is 9.31. The number of thiazole rings is 1. The molecule has 0 saturated carbocycles. The molecule has 1 unspecified atom stereocenters. The van der Waals surface area contributed by atoms with Crippen LogP contribution in [0, 0.1) is 5.92 Å². The minimum Gasteiger partial charge on any atom is -0.381 e. The molecule has 1 aromatic heterocycles. The van der Waals surface area contributed by atoms with Crippen LogP contribution in [-0.2, 0) is 16.0 Å². The third-order valence-corrected chi connectivity index (χ3v) is 4.86. The van der Waals surface area contributed by atoms with Crippen molar-refractivity contribution in [1.29, 1.82) is 0 Å². The highest BCUT2D eigenvalue weighted by atomic mass is 127. The zero-order valence-corrected chi connectivity index (χ0v) is 19.3. The second kappa shape index (κ2) is 13.7. The molecule has 1 aliphatic heterocycles. The first kappa shape index (κ1) is 23.6. The van der Waals surface area contributed by atoms with Gasteiger partial charge in [-0.05, 0) is 25.7 Å². The number of aromatic nitrogens is 1. The van der Waals surface area contributed by atoms with Crippen molar-refractivity contribution in [3.63, 3.8) is 0 Å². The maximum Gasteiger partial charge on any atom is 0.191 e. The van der Waals surface area contributed by atoms with Crippen molar-refractivity contribution in [3.8, 4) is 0 Å². The van der Waals surface area contributed by atoms with Gasteiger partial charge in [0.15, 0.2) is 5.96 Å². The predicted octanol–water partition coefficient (Wildman–Crippen LogP) is 3.38. The van der Waals surface area contributed by atoms with Crippen molar-refractivity contribution < 1.29 is 9.47 Å². The summed E-state index contributed by atoms with van der Waals surface area (Å²) in [6.45, 7) is 12.0. The Morgan fingerprint density at radius 1 is 1.46 bits per heavy atom. The van der Waals surface area contributed by atoms with E-state index in [1.165, 1.54) is 0 Å². The van der Waals surface area contributed by atoms with Gasteiger partial charge in [0.2, 0.25) is 0 Å². The molecular formula is C18H33IN4O2S. The van der Waals surface area contributed by atoms with Gasteiger partial charge in [0, 0.05) is 37.6 Å². The smallest absolute Gasteiger partial charge is 0.191 e. The van der Waals surface area contributed by atoms with Crippen LogP contribution in [0.1, 0.15) is 50.2 Å². The Balaban J connectivity index is 0.00000338. The highest BCUT2D eigenvalue weighted by Crippen LogP contribution is 2.18. The molecule has 26 heavy (non-hydrogen) atoms. The van der Waals surface area contributed by atoms with Crippen LogP contribution in [0.5, 0.6) is 0 Å². The first-order valence-corrected chi connectivity index (χ1v) is 10.2. The van der Waals surface area contributed by atoms with Gasteiger partial charge < -0.3 is 20.1 Å². The summed E-state index contributed by atoms with van der Waals surface area (Å²) in [5, 5.41) is 9.82. The fraction of sp³-hybridized carbons (Fsp3) is 0.778. The van der Waals surface area contributed by atoms with Crippen LogP contribution < -0.4 is 10.6 Å². The van der Waals surface area contributed by atoms with Crippen molar-refractivity contribution in [3.05, 3.63) is 16.1 Å². The molecule has 1 aromatic rings. The van der Waals surface area contributed by atoms with E-state index in [4.69, 9.17) is 9.47 Å². The van der Waals surface area contributed by atoms with Gasteiger partial charge in [-0.3, -0.25) is 0 Å². The largest absolute Gasteiger partial charge is 0.381 e. The molecule has 1 saturated heterocycles. The molecule has 1 fully saturated rings. The van der Waals surface area contributed by atoms with Gasteiger partial charge in [-0.15, -0.1) is 35.3 Å². The molecule has 0 aromatic carbocycles. The van der Waals surface area contributed by atoms with Gasteiger partial charge in [0.1, 0.15) is 5.01 Å². The second-order valence-corrected chi connectivity index (χ2v) is 7.54. The Morgan fingerprint density at radius 2 is 2.31 bits per heavy atom. The van der Waals surface area contributed by atoms with E-state index in [1.54, 1.807) is 11.3 Å².